The third kappa shape index (κ3) is 6.58. The molecule has 33 heavy (non-hydrogen) atoms. The number of amides is 1. The van der Waals surface area contributed by atoms with Crippen molar-refractivity contribution in [2.45, 2.75) is 32.7 Å². The number of hydrogen-bond acceptors (Lipinski definition) is 3. The van der Waals surface area contributed by atoms with Crippen molar-refractivity contribution in [1.29, 1.82) is 0 Å². The number of carboxylic acid groups (broad SMARTS) is 1. The molecule has 0 aliphatic heterocycles. The Morgan fingerprint density at radius 3 is 2.45 bits per heavy atom. The molecule has 0 aromatic heterocycles. The van der Waals surface area contributed by atoms with Crippen LogP contribution in [0.5, 0.6) is 11.5 Å². The highest BCUT2D eigenvalue weighted by atomic mass is 19.3. The summed E-state index contributed by atoms with van der Waals surface area (Å²) in [4.78, 5) is 23.0. The average Bonchev–Trinajstić information content (AvgIpc) is 2.77. The molecule has 3 aromatic rings. The molecule has 0 heterocycles. The number of alkyl halides is 2. The van der Waals surface area contributed by atoms with Crippen molar-refractivity contribution in [2.24, 2.45) is 0 Å². The molecule has 0 saturated carbocycles. The Hall–Kier alpha value is -3.81. The number of rotatable bonds is 9. The Morgan fingerprint density at radius 1 is 1.03 bits per heavy atom. The summed E-state index contributed by atoms with van der Waals surface area (Å²) in [6, 6.07) is 15.1. The zero-order valence-electron chi connectivity index (χ0n) is 17.8. The Balaban J connectivity index is 1.62. The lowest BCUT2D eigenvalue weighted by atomic mass is 10.0. The molecule has 0 aliphatic carbocycles. The molecule has 0 saturated heterocycles. The minimum absolute atomic E-state index is 0.0507. The van der Waals surface area contributed by atoms with E-state index >= 15 is 0 Å². The number of halogens is 3. The van der Waals surface area contributed by atoms with Crippen LogP contribution < -0.4 is 10.1 Å². The summed E-state index contributed by atoms with van der Waals surface area (Å²) in [6.45, 7) is 1.96. The quantitative estimate of drug-likeness (QED) is 0.425. The van der Waals surface area contributed by atoms with Crippen molar-refractivity contribution in [1.82, 2.24) is 5.32 Å². The van der Waals surface area contributed by atoms with E-state index in [1.54, 1.807) is 30.3 Å². The Morgan fingerprint density at radius 2 is 1.79 bits per heavy atom. The molecule has 3 aromatic carbocycles. The number of hydrogen-bond donors (Lipinski definition) is 2. The molecule has 0 atom stereocenters. The SMILES string of the molecule is Cc1cc(Oc2cccc(CNC(=O)c3ccc(C(F)F)cc3F)c2)ccc1CCC(=O)O. The maximum absolute atomic E-state index is 14.0. The van der Waals surface area contributed by atoms with Gasteiger partial charge in [0.1, 0.15) is 17.3 Å². The van der Waals surface area contributed by atoms with Crippen molar-refractivity contribution in [3.05, 3.63) is 94.3 Å². The van der Waals surface area contributed by atoms with Gasteiger partial charge in [0.25, 0.3) is 12.3 Å². The summed E-state index contributed by atoms with van der Waals surface area (Å²) in [5, 5.41) is 11.4. The fourth-order valence-corrected chi connectivity index (χ4v) is 3.24. The molecular formula is C25H22F3NO4. The first kappa shape index (κ1) is 23.8. The van der Waals surface area contributed by atoms with Gasteiger partial charge in [0.05, 0.1) is 5.56 Å². The number of aryl methyl sites for hydroxylation is 2. The fraction of sp³-hybridized carbons (Fsp3) is 0.200. The third-order valence-corrected chi connectivity index (χ3v) is 5.00. The second-order valence-electron chi connectivity index (χ2n) is 7.45. The van der Waals surface area contributed by atoms with Gasteiger partial charge in [-0.15, -0.1) is 0 Å². The summed E-state index contributed by atoms with van der Waals surface area (Å²) >= 11 is 0. The second kappa shape index (κ2) is 10.7. The predicted octanol–water partition coefficient (Wildman–Crippen LogP) is 5.81. The number of carbonyl (C=O) groups excluding carboxylic acids is 1. The van der Waals surface area contributed by atoms with E-state index in [1.165, 1.54) is 0 Å². The predicted molar refractivity (Wildman–Crippen MR) is 116 cm³/mol. The highest BCUT2D eigenvalue weighted by Gasteiger charge is 2.15. The molecule has 3 rings (SSSR count). The van der Waals surface area contributed by atoms with E-state index in [4.69, 9.17) is 9.84 Å². The van der Waals surface area contributed by atoms with Gasteiger partial charge >= 0.3 is 5.97 Å². The van der Waals surface area contributed by atoms with Crippen LogP contribution in [0.25, 0.3) is 0 Å². The van der Waals surface area contributed by atoms with Crippen LogP contribution in [0, 0.1) is 12.7 Å². The first-order chi connectivity index (χ1) is 15.7. The van der Waals surface area contributed by atoms with E-state index < -0.39 is 29.7 Å². The Bertz CT molecular complexity index is 1160. The minimum atomic E-state index is -2.82. The highest BCUT2D eigenvalue weighted by Crippen LogP contribution is 2.25. The maximum Gasteiger partial charge on any atom is 0.303 e. The lowest BCUT2D eigenvalue weighted by Gasteiger charge is -2.11. The molecular weight excluding hydrogens is 435 g/mol. The standard InChI is InChI=1S/C25H22F3NO4/c1-15-11-20(8-5-17(15)7-10-23(30)31)33-19-4-2-3-16(12-19)14-29-25(32)21-9-6-18(24(27)28)13-22(21)26/h2-6,8-9,11-13,24H,7,10,14H2,1H3,(H,29,32)(H,30,31). The number of aliphatic carboxylic acids is 1. The van der Waals surface area contributed by atoms with Gasteiger partial charge in [-0.1, -0.05) is 24.3 Å². The normalized spacial score (nSPS) is 10.8. The average molecular weight is 457 g/mol. The van der Waals surface area contributed by atoms with E-state index in [-0.39, 0.29) is 18.5 Å². The van der Waals surface area contributed by atoms with Crippen LogP contribution in [-0.4, -0.2) is 17.0 Å². The van der Waals surface area contributed by atoms with E-state index in [1.807, 2.05) is 19.1 Å². The van der Waals surface area contributed by atoms with E-state index in [0.717, 1.165) is 23.3 Å². The van der Waals surface area contributed by atoms with Gasteiger partial charge in [-0.2, -0.15) is 0 Å². The van der Waals surface area contributed by atoms with Gasteiger partial charge in [0.2, 0.25) is 0 Å². The Labute approximate surface area is 188 Å². The van der Waals surface area contributed by atoms with Crippen LogP contribution in [0.3, 0.4) is 0 Å². The topological polar surface area (TPSA) is 75.6 Å². The van der Waals surface area contributed by atoms with Crippen LogP contribution in [0.4, 0.5) is 13.2 Å². The molecule has 0 bridgehead atoms. The molecule has 2 N–H and O–H groups in total. The highest BCUT2D eigenvalue weighted by molar-refractivity contribution is 5.94. The van der Waals surface area contributed by atoms with Gasteiger partial charge in [0.15, 0.2) is 0 Å². The summed E-state index contributed by atoms with van der Waals surface area (Å²) in [5.41, 5.74) is 1.73. The minimum Gasteiger partial charge on any atom is -0.481 e. The van der Waals surface area contributed by atoms with Crippen molar-refractivity contribution >= 4 is 11.9 Å². The van der Waals surface area contributed by atoms with Crippen LogP contribution in [0.1, 0.15) is 45.5 Å². The summed E-state index contributed by atoms with van der Waals surface area (Å²) in [7, 11) is 0. The Kier molecular flexibility index (Phi) is 7.71. The maximum atomic E-state index is 14.0. The lowest BCUT2D eigenvalue weighted by molar-refractivity contribution is -0.136. The fourth-order valence-electron chi connectivity index (χ4n) is 3.24. The molecule has 0 aliphatic rings. The molecule has 8 heteroatoms. The van der Waals surface area contributed by atoms with Crippen LogP contribution in [0.2, 0.25) is 0 Å². The van der Waals surface area contributed by atoms with Crippen LogP contribution >= 0.6 is 0 Å². The van der Waals surface area contributed by atoms with Gasteiger partial charge in [0, 0.05) is 18.5 Å². The summed E-state index contributed by atoms with van der Waals surface area (Å²) in [6.07, 6.45) is -2.33. The first-order valence-corrected chi connectivity index (χ1v) is 10.2. The van der Waals surface area contributed by atoms with Gasteiger partial charge in [-0.3, -0.25) is 9.59 Å². The molecule has 1 amide bonds. The van der Waals surface area contributed by atoms with Gasteiger partial charge in [-0.05, 0) is 66.4 Å². The molecule has 0 spiro atoms. The van der Waals surface area contributed by atoms with Crippen molar-refractivity contribution in [2.75, 3.05) is 0 Å². The molecule has 0 fully saturated rings. The smallest absolute Gasteiger partial charge is 0.303 e. The van der Waals surface area contributed by atoms with Gasteiger partial charge in [-0.25, -0.2) is 13.2 Å². The number of carbonyl (C=O) groups is 2. The number of ether oxygens (including phenoxy) is 1. The zero-order valence-corrected chi connectivity index (χ0v) is 17.8. The molecule has 5 nitrogen and oxygen atoms in total. The van der Waals surface area contributed by atoms with E-state index in [0.29, 0.717) is 29.5 Å². The van der Waals surface area contributed by atoms with Crippen LogP contribution in [-0.2, 0) is 17.8 Å². The van der Waals surface area contributed by atoms with E-state index in [2.05, 4.69) is 5.32 Å². The number of benzene rings is 3. The summed E-state index contributed by atoms with van der Waals surface area (Å²) in [5.74, 6) is -1.48. The van der Waals surface area contributed by atoms with Crippen LogP contribution in [0.15, 0.2) is 60.7 Å². The number of carboxylic acids is 1. The zero-order chi connectivity index (χ0) is 24.0. The van der Waals surface area contributed by atoms with Crippen molar-refractivity contribution in [3.63, 3.8) is 0 Å². The molecule has 0 unspecified atom stereocenters. The second-order valence-corrected chi connectivity index (χ2v) is 7.45. The molecule has 172 valence electrons. The third-order valence-electron chi connectivity index (χ3n) is 5.00. The molecule has 0 radical (unpaired) electrons. The van der Waals surface area contributed by atoms with Crippen molar-refractivity contribution < 1.29 is 32.6 Å². The monoisotopic (exact) mass is 457 g/mol. The van der Waals surface area contributed by atoms with Crippen molar-refractivity contribution in [3.8, 4) is 11.5 Å². The number of nitrogens with one attached hydrogen (secondary N) is 1. The largest absolute Gasteiger partial charge is 0.481 e. The first-order valence-electron chi connectivity index (χ1n) is 10.2. The van der Waals surface area contributed by atoms with Gasteiger partial charge < -0.3 is 15.2 Å². The van der Waals surface area contributed by atoms with E-state index in [9.17, 15) is 22.8 Å². The summed E-state index contributed by atoms with van der Waals surface area (Å²) < 4.78 is 45.2. The lowest BCUT2D eigenvalue weighted by Crippen LogP contribution is -2.23.